The summed E-state index contributed by atoms with van der Waals surface area (Å²) >= 11 is 0. The Bertz CT molecular complexity index is 630. The summed E-state index contributed by atoms with van der Waals surface area (Å²) in [6.07, 6.45) is 0.458. The van der Waals surface area contributed by atoms with Gasteiger partial charge in [-0.15, -0.1) is 5.10 Å². The molecule has 124 valence electrons. The monoisotopic (exact) mass is 322 g/mol. The number of nitrogens with one attached hydrogen (secondary N) is 2. The van der Waals surface area contributed by atoms with Crippen molar-refractivity contribution in [2.24, 2.45) is 0 Å². The van der Waals surface area contributed by atoms with Crippen LogP contribution in [0.2, 0.25) is 0 Å². The minimum absolute atomic E-state index is 0.157. The lowest BCUT2D eigenvalue weighted by molar-refractivity contribution is 0.174. The highest BCUT2D eigenvalue weighted by molar-refractivity contribution is 5.74. The molecule has 2 rings (SSSR count). The maximum atomic E-state index is 12.9. The molecule has 1 aromatic carbocycles. The molecule has 2 aromatic rings. The van der Waals surface area contributed by atoms with Crippen LogP contribution in [0.4, 0.5) is 15.1 Å². The lowest BCUT2D eigenvalue weighted by Crippen LogP contribution is -2.41. The van der Waals surface area contributed by atoms with Gasteiger partial charge >= 0.3 is 6.03 Å². The summed E-state index contributed by atoms with van der Waals surface area (Å²) in [4.78, 5) is 17.5. The fourth-order valence-electron chi connectivity index (χ4n) is 2.00. The van der Waals surface area contributed by atoms with E-state index in [1.54, 1.807) is 12.1 Å². The van der Waals surface area contributed by atoms with Crippen LogP contribution in [0.15, 0.2) is 24.3 Å². The number of amides is 2. The van der Waals surface area contributed by atoms with Gasteiger partial charge < -0.3 is 21.1 Å². The maximum Gasteiger partial charge on any atom is 0.317 e. The molecular formula is C14H19FN6O2. The highest BCUT2D eigenvalue weighted by Crippen LogP contribution is 2.07. The number of nitrogens with zero attached hydrogens (tertiary/aromatic N) is 3. The number of aliphatic hydroxyl groups excluding tert-OH is 1. The number of hydrogen-bond donors (Lipinski definition) is 4. The molecule has 0 aliphatic rings. The van der Waals surface area contributed by atoms with E-state index in [9.17, 15) is 9.18 Å². The van der Waals surface area contributed by atoms with Crippen molar-refractivity contribution in [2.45, 2.75) is 13.0 Å². The van der Waals surface area contributed by atoms with Crippen LogP contribution in [0.1, 0.15) is 11.4 Å². The van der Waals surface area contributed by atoms with Crippen LogP contribution in [0.5, 0.6) is 0 Å². The van der Waals surface area contributed by atoms with Gasteiger partial charge in [0, 0.05) is 26.1 Å². The van der Waals surface area contributed by atoms with Crippen LogP contribution < -0.4 is 11.1 Å². The van der Waals surface area contributed by atoms with Crippen LogP contribution in [0.3, 0.4) is 0 Å². The highest BCUT2D eigenvalue weighted by Gasteiger charge is 2.13. The number of H-pyrrole nitrogens is 1. The molecule has 23 heavy (non-hydrogen) atoms. The molecule has 0 bridgehead atoms. The second kappa shape index (κ2) is 8.08. The predicted octanol–water partition coefficient (Wildman–Crippen LogP) is 0.273. The molecule has 0 saturated heterocycles. The Hall–Kier alpha value is -2.68. The van der Waals surface area contributed by atoms with E-state index in [1.165, 1.54) is 17.0 Å². The predicted molar refractivity (Wildman–Crippen MR) is 81.8 cm³/mol. The summed E-state index contributed by atoms with van der Waals surface area (Å²) in [5.41, 5.74) is 6.17. The minimum atomic E-state index is -0.335. The number of aliphatic hydroxyl groups is 1. The van der Waals surface area contributed by atoms with Crippen molar-refractivity contribution in [3.05, 3.63) is 41.5 Å². The first-order valence-electron chi connectivity index (χ1n) is 7.13. The zero-order chi connectivity index (χ0) is 16.7. The largest absolute Gasteiger partial charge is 0.395 e. The number of nitrogens with two attached hydrogens (primary N) is 1. The maximum absolute atomic E-state index is 12.9. The Balaban J connectivity index is 1.85. The molecule has 1 heterocycles. The van der Waals surface area contributed by atoms with Crippen molar-refractivity contribution in [1.82, 2.24) is 25.4 Å². The summed E-state index contributed by atoms with van der Waals surface area (Å²) in [6, 6.07) is 5.54. The first-order valence-corrected chi connectivity index (χ1v) is 7.13. The standard InChI is InChI=1S/C14H19FN6O2/c15-11-3-1-10(2-4-11)9-21(7-8-22)14(23)17-6-5-12-18-13(16)20-19-12/h1-4,22H,5-9H2,(H,17,23)(H3,16,18,19,20). The van der Waals surface area contributed by atoms with Crippen molar-refractivity contribution in [2.75, 3.05) is 25.4 Å². The average Bonchev–Trinajstić information content (AvgIpc) is 2.94. The minimum Gasteiger partial charge on any atom is -0.395 e. The van der Waals surface area contributed by atoms with Gasteiger partial charge in [0.2, 0.25) is 5.95 Å². The number of urea groups is 1. The Labute approximate surface area is 132 Å². The third kappa shape index (κ3) is 5.22. The van der Waals surface area contributed by atoms with Crippen molar-refractivity contribution in [1.29, 1.82) is 0 Å². The normalized spacial score (nSPS) is 10.5. The van der Waals surface area contributed by atoms with Gasteiger partial charge in [0.1, 0.15) is 11.6 Å². The van der Waals surface area contributed by atoms with Crippen LogP contribution >= 0.6 is 0 Å². The van der Waals surface area contributed by atoms with Crippen molar-refractivity contribution >= 4 is 12.0 Å². The number of rotatable bonds is 7. The van der Waals surface area contributed by atoms with Crippen LogP contribution in [-0.4, -0.2) is 50.9 Å². The average molecular weight is 322 g/mol. The second-order valence-corrected chi connectivity index (χ2v) is 4.89. The molecular weight excluding hydrogens is 303 g/mol. The molecule has 0 unspecified atom stereocenters. The van der Waals surface area contributed by atoms with Gasteiger partial charge in [-0.2, -0.15) is 4.98 Å². The Morgan fingerprint density at radius 3 is 2.74 bits per heavy atom. The number of halogens is 1. The number of hydrogen-bond acceptors (Lipinski definition) is 5. The zero-order valence-corrected chi connectivity index (χ0v) is 12.5. The van der Waals surface area contributed by atoms with E-state index in [0.717, 1.165) is 5.56 Å². The summed E-state index contributed by atoms with van der Waals surface area (Å²) < 4.78 is 12.9. The van der Waals surface area contributed by atoms with Gasteiger partial charge in [-0.05, 0) is 17.7 Å². The van der Waals surface area contributed by atoms with E-state index in [1.807, 2.05) is 0 Å². The fraction of sp³-hybridized carbons (Fsp3) is 0.357. The van der Waals surface area contributed by atoms with Crippen LogP contribution in [0.25, 0.3) is 0 Å². The molecule has 0 radical (unpaired) electrons. The molecule has 1 aromatic heterocycles. The van der Waals surface area contributed by atoms with Crippen molar-refractivity contribution in [3.63, 3.8) is 0 Å². The number of benzene rings is 1. The first-order chi connectivity index (χ1) is 11.1. The number of carbonyl (C=O) groups is 1. The smallest absolute Gasteiger partial charge is 0.317 e. The molecule has 0 aliphatic heterocycles. The van der Waals surface area contributed by atoms with Gasteiger partial charge in [0.05, 0.1) is 6.61 Å². The molecule has 0 aliphatic carbocycles. The number of anilines is 1. The molecule has 0 fully saturated rings. The third-order valence-corrected chi connectivity index (χ3v) is 3.13. The molecule has 8 nitrogen and oxygen atoms in total. The summed E-state index contributed by atoms with van der Waals surface area (Å²) in [5.74, 6) is 0.401. The third-order valence-electron chi connectivity index (χ3n) is 3.13. The summed E-state index contributed by atoms with van der Waals surface area (Å²) in [6.45, 7) is 0.645. The first kappa shape index (κ1) is 16.7. The SMILES string of the molecule is Nc1n[nH]c(CCNC(=O)N(CCO)Cc2ccc(F)cc2)n1. The second-order valence-electron chi connectivity index (χ2n) is 4.89. The van der Waals surface area contributed by atoms with Crippen molar-refractivity contribution < 1.29 is 14.3 Å². The van der Waals surface area contributed by atoms with E-state index >= 15 is 0 Å². The molecule has 5 N–H and O–H groups in total. The number of aromatic amines is 1. The number of carbonyl (C=O) groups excluding carboxylic acids is 1. The molecule has 9 heteroatoms. The number of aromatic nitrogens is 3. The Kier molecular flexibility index (Phi) is 5.87. The lowest BCUT2D eigenvalue weighted by Gasteiger charge is -2.22. The highest BCUT2D eigenvalue weighted by atomic mass is 19.1. The quantitative estimate of drug-likeness (QED) is 0.583. The van der Waals surface area contributed by atoms with E-state index in [2.05, 4.69) is 20.5 Å². The van der Waals surface area contributed by atoms with Crippen LogP contribution in [-0.2, 0) is 13.0 Å². The van der Waals surface area contributed by atoms with E-state index in [-0.39, 0.29) is 37.5 Å². The van der Waals surface area contributed by atoms with Gasteiger partial charge in [0.25, 0.3) is 0 Å². The fourth-order valence-corrected chi connectivity index (χ4v) is 2.00. The summed E-state index contributed by atoms with van der Waals surface area (Å²) in [5, 5.41) is 18.2. The van der Waals surface area contributed by atoms with E-state index in [4.69, 9.17) is 10.8 Å². The summed E-state index contributed by atoms with van der Waals surface area (Å²) in [7, 11) is 0. The van der Waals surface area contributed by atoms with Gasteiger partial charge in [-0.3, -0.25) is 5.10 Å². The Morgan fingerprint density at radius 1 is 1.39 bits per heavy atom. The molecule has 0 spiro atoms. The van der Waals surface area contributed by atoms with Gasteiger partial charge in [0.15, 0.2) is 0 Å². The molecule has 2 amide bonds. The topological polar surface area (TPSA) is 120 Å². The zero-order valence-electron chi connectivity index (χ0n) is 12.5. The van der Waals surface area contributed by atoms with Gasteiger partial charge in [-0.25, -0.2) is 9.18 Å². The van der Waals surface area contributed by atoms with E-state index in [0.29, 0.717) is 18.8 Å². The lowest BCUT2D eigenvalue weighted by atomic mass is 10.2. The Morgan fingerprint density at radius 2 is 2.13 bits per heavy atom. The number of nitrogen functional groups attached to an aromatic ring is 1. The van der Waals surface area contributed by atoms with E-state index < -0.39 is 0 Å². The van der Waals surface area contributed by atoms with Crippen LogP contribution in [0, 0.1) is 5.82 Å². The van der Waals surface area contributed by atoms with Crippen molar-refractivity contribution in [3.8, 4) is 0 Å². The van der Waals surface area contributed by atoms with Gasteiger partial charge in [-0.1, -0.05) is 12.1 Å². The molecule has 0 saturated carbocycles. The molecule has 0 atom stereocenters.